The molecule has 8 N–H and O–H groups in total. The molecule has 0 bridgehead atoms. The van der Waals surface area contributed by atoms with Gasteiger partial charge in [-0.2, -0.15) is 0 Å². The number of nitrogens with two attached hydrogens (primary N) is 3. The van der Waals surface area contributed by atoms with Crippen molar-refractivity contribution in [3.8, 4) is 0 Å². The molecule has 0 heterocycles. The summed E-state index contributed by atoms with van der Waals surface area (Å²) in [6.07, 6.45) is -0.113. The zero-order chi connectivity index (χ0) is 13.5. The van der Waals surface area contributed by atoms with Crippen molar-refractivity contribution in [2.45, 2.75) is 6.54 Å². The Morgan fingerprint density at radius 2 is 1.72 bits per heavy atom. The van der Waals surface area contributed by atoms with Gasteiger partial charge in [-0.25, -0.2) is 0 Å². The van der Waals surface area contributed by atoms with E-state index in [1.54, 1.807) is 12.1 Å². The van der Waals surface area contributed by atoms with E-state index in [0.717, 1.165) is 5.56 Å². The molecule has 0 saturated carbocycles. The molecule has 0 aliphatic heterocycles. The number of hydrogen-bond acceptors (Lipinski definition) is 5. The van der Waals surface area contributed by atoms with Crippen LogP contribution in [0, 0.1) is 0 Å². The average molecular weight is 269 g/mol. The summed E-state index contributed by atoms with van der Waals surface area (Å²) in [7, 11) is -2.11. The van der Waals surface area contributed by atoms with Crippen molar-refractivity contribution in [1.82, 2.24) is 0 Å². The van der Waals surface area contributed by atoms with Gasteiger partial charge in [0.2, 0.25) is 0 Å². The molecule has 0 atom stereocenters. The summed E-state index contributed by atoms with van der Waals surface area (Å²) in [4.78, 5) is 17.5. The van der Waals surface area contributed by atoms with Crippen LogP contribution in [0.15, 0.2) is 34.5 Å². The van der Waals surface area contributed by atoms with E-state index in [4.69, 9.17) is 27.0 Å². The van der Waals surface area contributed by atoms with Crippen LogP contribution in [0.2, 0.25) is 0 Å². The number of nitrogens with zero attached hydrogens (tertiary/aromatic N) is 2. The summed E-state index contributed by atoms with van der Waals surface area (Å²) >= 11 is 0. The average Bonchev–Trinajstić information content (AvgIpc) is 2.35. The Kier molecular flexibility index (Phi) is 5.67. The van der Waals surface area contributed by atoms with Gasteiger partial charge in [-0.3, -0.25) is 0 Å². The topological polar surface area (TPSA) is 143 Å². The molecule has 0 unspecified atom stereocenters. The number of benzene rings is 1. The second-order valence-electron chi connectivity index (χ2n) is 3.51. The van der Waals surface area contributed by atoms with Crippen LogP contribution >= 0.6 is 8.38 Å². The minimum absolute atomic E-state index is 0.0210. The van der Waals surface area contributed by atoms with E-state index in [9.17, 15) is 0 Å². The lowest BCUT2D eigenvalue weighted by Crippen LogP contribution is -2.17. The van der Waals surface area contributed by atoms with Crippen LogP contribution in [0.3, 0.4) is 0 Å². The van der Waals surface area contributed by atoms with E-state index in [-0.39, 0.29) is 17.8 Å². The van der Waals surface area contributed by atoms with E-state index >= 15 is 0 Å². The smallest absolute Gasteiger partial charge is 0.172 e. The van der Waals surface area contributed by atoms with Crippen molar-refractivity contribution in [2.24, 2.45) is 27.4 Å². The summed E-state index contributed by atoms with van der Waals surface area (Å²) < 4.78 is 0. The lowest BCUT2D eigenvalue weighted by molar-refractivity contribution is 0.488. The molecular formula is C10H16N5O2P. The molecule has 0 saturated heterocycles. The SMILES string of the molecule is NCc1ccc(/C(N)=N/N=C(\N)CP(O)O)cc1. The van der Waals surface area contributed by atoms with Crippen LogP contribution in [0.4, 0.5) is 0 Å². The van der Waals surface area contributed by atoms with Gasteiger partial charge in [0.25, 0.3) is 0 Å². The van der Waals surface area contributed by atoms with Gasteiger partial charge in [0.05, 0.1) is 6.16 Å². The lowest BCUT2D eigenvalue weighted by atomic mass is 10.1. The Morgan fingerprint density at radius 3 is 2.22 bits per heavy atom. The monoisotopic (exact) mass is 269 g/mol. The predicted octanol–water partition coefficient (Wildman–Crippen LogP) is -0.581. The molecule has 1 aromatic rings. The van der Waals surface area contributed by atoms with Crippen molar-refractivity contribution in [3.05, 3.63) is 35.4 Å². The Hall–Kier alpha value is -1.53. The highest BCUT2D eigenvalue weighted by Gasteiger charge is 2.02. The molecule has 18 heavy (non-hydrogen) atoms. The van der Waals surface area contributed by atoms with Crippen LogP contribution in [0.1, 0.15) is 11.1 Å². The normalized spacial score (nSPS) is 13.1. The molecule has 0 spiro atoms. The first-order chi connectivity index (χ1) is 8.52. The van der Waals surface area contributed by atoms with E-state index < -0.39 is 8.38 Å². The maximum Gasteiger partial charge on any atom is 0.172 e. The predicted molar refractivity (Wildman–Crippen MR) is 72.9 cm³/mol. The van der Waals surface area contributed by atoms with E-state index in [1.807, 2.05) is 12.1 Å². The van der Waals surface area contributed by atoms with Gasteiger partial charge < -0.3 is 27.0 Å². The minimum atomic E-state index is -2.11. The highest BCUT2D eigenvalue weighted by atomic mass is 31.2. The largest absolute Gasteiger partial charge is 0.385 e. The molecule has 0 aromatic heterocycles. The van der Waals surface area contributed by atoms with Crippen molar-refractivity contribution >= 4 is 20.0 Å². The van der Waals surface area contributed by atoms with Crippen LogP contribution in [-0.2, 0) is 6.54 Å². The van der Waals surface area contributed by atoms with Gasteiger partial charge >= 0.3 is 0 Å². The summed E-state index contributed by atoms with van der Waals surface area (Å²) in [5, 5.41) is 7.33. The fraction of sp³-hybridized carbons (Fsp3) is 0.200. The molecule has 8 heteroatoms. The Balaban J connectivity index is 2.76. The van der Waals surface area contributed by atoms with Gasteiger partial charge in [-0.15, -0.1) is 10.2 Å². The summed E-state index contributed by atoms with van der Waals surface area (Å²) in [5.74, 6) is 0.217. The maximum absolute atomic E-state index is 8.73. The van der Waals surface area contributed by atoms with E-state index in [0.29, 0.717) is 12.1 Å². The second kappa shape index (κ2) is 7.03. The lowest BCUT2D eigenvalue weighted by Gasteiger charge is -2.02. The first-order valence-electron chi connectivity index (χ1n) is 5.13. The molecule has 1 aromatic carbocycles. The van der Waals surface area contributed by atoms with Gasteiger partial charge in [0, 0.05) is 12.1 Å². The van der Waals surface area contributed by atoms with Crippen molar-refractivity contribution < 1.29 is 9.79 Å². The zero-order valence-electron chi connectivity index (χ0n) is 9.69. The number of amidine groups is 2. The van der Waals surface area contributed by atoms with Crippen molar-refractivity contribution in [1.29, 1.82) is 0 Å². The molecule has 0 aliphatic rings. The first-order valence-corrected chi connectivity index (χ1v) is 6.56. The van der Waals surface area contributed by atoms with E-state index in [1.165, 1.54) is 0 Å². The second-order valence-corrected chi connectivity index (χ2v) is 4.57. The van der Waals surface area contributed by atoms with Crippen LogP contribution in [0.5, 0.6) is 0 Å². The number of rotatable bonds is 5. The maximum atomic E-state index is 8.73. The fourth-order valence-corrected chi connectivity index (χ4v) is 1.52. The summed E-state index contributed by atoms with van der Waals surface area (Å²) in [5.41, 5.74) is 18.3. The molecule has 0 fully saturated rings. The fourth-order valence-electron chi connectivity index (χ4n) is 1.16. The standard InChI is InChI=1S/C10H16N5O2P/c11-5-7-1-3-8(4-2-7)10(13)15-14-9(12)6-18(16)17/h1-4,16-17H,5-6,11H2,(H2,12,14)(H2,13,15). The van der Waals surface area contributed by atoms with Crippen LogP contribution in [-0.4, -0.2) is 27.6 Å². The highest BCUT2D eigenvalue weighted by Crippen LogP contribution is 2.21. The molecule has 1 rings (SSSR count). The van der Waals surface area contributed by atoms with Crippen LogP contribution in [0.25, 0.3) is 0 Å². The highest BCUT2D eigenvalue weighted by molar-refractivity contribution is 7.46. The van der Waals surface area contributed by atoms with Crippen LogP contribution < -0.4 is 17.2 Å². The molecular weight excluding hydrogens is 253 g/mol. The number of hydrogen-bond donors (Lipinski definition) is 5. The Labute approximate surface area is 106 Å². The van der Waals surface area contributed by atoms with Gasteiger partial charge in [0.1, 0.15) is 5.84 Å². The van der Waals surface area contributed by atoms with Gasteiger partial charge in [-0.05, 0) is 5.56 Å². The molecule has 0 radical (unpaired) electrons. The van der Waals surface area contributed by atoms with Crippen molar-refractivity contribution in [2.75, 3.05) is 6.16 Å². The summed E-state index contributed by atoms with van der Waals surface area (Å²) in [6.45, 7) is 0.457. The Bertz CT molecular complexity index is 444. The van der Waals surface area contributed by atoms with Gasteiger partial charge in [-0.1, -0.05) is 24.3 Å². The molecule has 0 aliphatic carbocycles. The first kappa shape index (κ1) is 14.5. The third kappa shape index (κ3) is 4.77. The molecule has 98 valence electrons. The summed E-state index contributed by atoms with van der Waals surface area (Å²) in [6, 6.07) is 7.23. The zero-order valence-corrected chi connectivity index (χ0v) is 10.6. The van der Waals surface area contributed by atoms with Gasteiger partial charge in [0.15, 0.2) is 14.2 Å². The quantitative estimate of drug-likeness (QED) is 0.210. The minimum Gasteiger partial charge on any atom is -0.385 e. The third-order valence-electron chi connectivity index (χ3n) is 2.08. The third-order valence-corrected chi connectivity index (χ3v) is 2.68. The Morgan fingerprint density at radius 1 is 1.11 bits per heavy atom. The molecule has 7 nitrogen and oxygen atoms in total. The van der Waals surface area contributed by atoms with Crippen molar-refractivity contribution in [3.63, 3.8) is 0 Å². The molecule has 0 amide bonds. The van der Waals surface area contributed by atoms with E-state index in [2.05, 4.69) is 10.2 Å².